The molecule has 0 aliphatic carbocycles. The van der Waals surface area contributed by atoms with Gasteiger partial charge in [0.25, 0.3) is 5.91 Å². The summed E-state index contributed by atoms with van der Waals surface area (Å²) >= 11 is 0. The van der Waals surface area contributed by atoms with E-state index in [-0.39, 0.29) is 28.5 Å². The minimum atomic E-state index is -1.09. The molecule has 0 spiro atoms. The number of halogens is 1. The van der Waals surface area contributed by atoms with Crippen molar-refractivity contribution in [1.82, 2.24) is 4.98 Å². The number of benzene rings is 1. The van der Waals surface area contributed by atoms with Crippen molar-refractivity contribution >= 4 is 11.9 Å². The van der Waals surface area contributed by atoms with Gasteiger partial charge in [0, 0.05) is 12.1 Å². The van der Waals surface area contributed by atoms with E-state index in [4.69, 9.17) is 15.6 Å². The molecule has 0 aliphatic heterocycles. The summed E-state index contributed by atoms with van der Waals surface area (Å²) in [6.07, 6.45) is 0. The van der Waals surface area contributed by atoms with Crippen LogP contribution in [0, 0.1) is 12.7 Å². The molecule has 0 aliphatic rings. The molecule has 0 saturated carbocycles. The Morgan fingerprint density at radius 2 is 1.90 bits per heavy atom. The molecule has 0 radical (unpaired) electrons. The second-order valence-electron chi connectivity index (χ2n) is 4.20. The highest BCUT2D eigenvalue weighted by Crippen LogP contribution is 2.23. The van der Waals surface area contributed by atoms with E-state index >= 15 is 0 Å². The maximum Gasteiger partial charge on any atom is 0.337 e. The Morgan fingerprint density at radius 1 is 1.24 bits per heavy atom. The second-order valence-corrected chi connectivity index (χ2v) is 4.20. The molecule has 0 unspecified atom stereocenters. The minimum absolute atomic E-state index is 0.0533. The number of aromatic nitrogens is 1. The third-order valence-corrected chi connectivity index (χ3v) is 2.72. The van der Waals surface area contributed by atoms with E-state index in [9.17, 15) is 14.0 Å². The summed E-state index contributed by atoms with van der Waals surface area (Å²) in [6.45, 7) is 1.52. The molecule has 21 heavy (non-hydrogen) atoms. The molecular formula is C14H11FN2O4. The zero-order chi connectivity index (χ0) is 15.6. The molecule has 0 saturated heterocycles. The van der Waals surface area contributed by atoms with Gasteiger partial charge in [-0.3, -0.25) is 4.79 Å². The van der Waals surface area contributed by atoms with Crippen molar-refractivity contribution in [1.29, 1.82) is 0 Å². The van der Waals surface area contributed by atoms with Crippen LogP contribution in [0.5, 0.6) is 11.6 Å². The predicted molar refractivity (Wildman–Crippen MR) is 70.9 cm³/mol. The number of aryl methyl sites for hydroxylation is 1. The molecule has 1 amide bonds. The van der Waals surface area contributed by atoms with Crippen LogP contribution in [0.4, 0.5) is 4.39 Å². The van der Waals surface area contributed by atoms with Crippen molar-refractivity contribution in [3.63, 3.8) is 0 Å². The minimum Gasteiger partial charge on any atom is -0.478 e. The summed E-state index contributed by atoms with van der Waals surface area (Å²) in [6, 6.07) is 6.27. The first-order valence-corrected chi connectivity index (χ1v) is 5.86. The van der Waals surface area contributed by atoms with Crippen LogP contribution >= 0.6 is 0 Å². The highest BCUT2D eigenvalue weighted by Gasteiger charge is 2.12. The third-order valence-electron chi connectivity index (χ3n) is 2.72. The number of amides is 1. The number of ether oxygens (including phenoxy) is 1. The van der Waals surface area contributed by atoms with Crippen molar-refractivity contribution in [2.45, 2.75) is 6.92 Å². The topological polar surface area (TPSA) is 103 Å². The molecule has 0 bridgehead atoms. The zero-order valence-corrected chi connectivity index (χ0v) is 11.0. The number of carbonyl (C=O) groups is 2. The Balaban J connectivity index is 2.26. The van der Waals surface area contributed by atoms with Gasteiger partial charge in [-0.25, -0.2) is 14.2 Å². The molecule has 3 N–H and O–H groups in total. The fourth-order valence-corrected chi connectivity index (χ4v) is 1.70. The number of rotatable bonds is 4. The van der Waals surface area contributed by atoms with E-state index in [2.05, 4.69) is 4.98 Å². The quantitative estimate of drug-likeness (QED) is 0.897. The van der Waals surface area contributed by atoms with E-state index in [0.717, 1.165) is 6.07 Å². The van der Waals surface area contributed by atoms with Crippen LogP contribution in [0.3, 0.4) is 0 Å². The van der Waals surface area contributed by atoms with Crippen molar-refractivity contribution < 1.29 is 23.8 Å². The smallest absolute Gasteiger partial charge is 0.337 e. The van der Waals surface area contributed by atoms with Crippen molar-refractivity contribution in [3.8, 4) is 11.6 Å². The molecule has 0 fully saturated rings. The van der Waals surface area contributed by atoms with Gasteiger partial charge >= 0.3 is 5.97 Å². The number of carbonyl (C=O) groups excluding carboxylic acids is 1. The molecule has 0 atom stereocenters. The number of primary amides is 1. The lowest BCUT2D eigenvalue weighted by molar-refractivity contribution is 0.0695. The Labute approximate surface area is 119 Å². The lowest BCUT2D eigenvalue weighted by atomic mass is 10.2. The fourth-order valence-electron chi connectivity index (χ4n) is 1.70. The second kappa shape index (κ2) is 5.58. The number of carboxylic acids is 1. The number of carboxylic acid groups (broad SMARTS) is 1. The summed E-state index contributed by atoms with van der Waals surface area (Å²) in [5.41, 5.74) is 5.08. The van der Waals surface area contributed by atoms with E-state index < -0.39 is 17.7 Å². The average Bonchev–Trinajstić information content (AvgIpc) is 2.37. The largest absolute Gasteiger partial charge is 0.478 e. The van der Waals surface area contributed by atoms with Gasteiger partial charge in [-0.15, -0.1) is 0 Å². The van der Waals surface area contributed by atoms with Crippen LogP contribution in [0.25, 0.3) is 0 Å². The Kier molecular flexibility index (Phi) is 3.84. The molecule has 1 aromatic carbocycles. The summed E-state index contributed by atoms with van der Waals surface area (Å²) in [7, 11) is 0. The number of hydrogen-bond donors (Lipinski definition) is 2. The van der Waals surface area contributed by atoms with Gasteiger partial charge in [-0.2, -0.15) is 0 Å². The van der Waals surface area contributed by atoms with Crippen LogP contribution in [0.15, 0.2) is 30.3 Å². The first-order valence-electron chi connectivity index (χ1n) is 5.86. The summed E-state index contributed by atoms with van der Waals surface area (Å²) in [5, 5.41) is 8.89. The first-order chi connectivity index (χ1) is 9.88. The Morgan fingerprint density at radius 3 is 2.43 bits per heavy atom. The van der Waals surface area contributed by atoms with Gasteiger partial charge in [0.2, 0.25) is 5.88 Å². The maximum absolute atomic E-state index is 13.6. The summed E-state index contributed by atoms with van der Waals surface area (Å²) in [5.74, 6) is -2.54. The van der Waals surface area contributed by atoms with Crippen LogP contribution in [-0.4, -0.2) is 22.0 Å². The zero-order valence-electron chi connectivity index (χ0n) is 11.0. The Hall–Kier alpha value is -2.96. The third kappa shape index (κ3) is 3.14. The van der Waals surface area contributed by atoms with Crippen molar-refractivity contribution in [3.05, 3.63) is 53.0 Å². The van der Waals surface area contributed by atoms with Crippen LogP contribution in [0.2, 0.25) is 0 Å². The molecular weight excluding hydrogens is 279 g/mol. The van der Waals surface area contributed by atoms with E-state index in [0.29, 0.717) is 0 Å². The molecule has 6 nitrogen and oxygen atoms in total. The number of nitrogens with two attached hydrogens (primary N) is 1. The molecule has 1 aromatic heterocycles. The van der Waals surface area contributed by atoms with Crippen molar-refractivity contribution in [2.24, 2.45) is 5.73 Å². The van der Waals surface area contributed by atoms with Gasteiger partial charge in [0.05, 0.1) is 16.8 Å². The normalized spacial score (nSPS) is 10.2. The van der Waals surface area contributed by atoms with Gasteiger partial charge in [-0.05, 0) is 25.1 Å². The van der Waals surface area contributed by atoms with Gasteiger partial charge in [0.15, 0.2) is 0 Å². The molecule has 2 aromatic rings. The van der Waals surface area contributed by atoms with Crippen LogP contribution in [0.1, 0.15) is 26.4 Å². The monoisotopic (exact) mass is 290 g/mol. The molecule has 2 rings (SSSR count). The first kappa shape index (κ1) is 14.4. The highest BCUT2D eigenvalue weighted by molar-refractivity contribution is 5.93. The summed E-state index contributed by atoms with van der Waals surface area (Å²) in [4.78, 5) is 25.7. The molecule has 108 valence electrons. The fraction of sp³-hybridized carbons (Fsp3) is 0.0714. The van der Waals surface area contributed by atoms with E-state index in [1.807, 2.05) is 0 Å². The lowest BCUT2D eigenvalue weighted by Crippen LogP contribution is -2.12. The van der Waals surface area contributed by atoms with Gasteiger partial charge in [-0.1, -0.05) is 0 Å². The van der Waals surface area contributed by atoms with E-state index in [1.54, 1.807) is 0 Å². The molecule has 7 heteroatoms. The summed E-state index contributed by atoms with van der Waals surface area (Å²) < 4.78 is 18.9. The van der Waals surface area contributed by atoms with Crippen LogP contribution in [-0.2, 0) is 0 Å². The number of nitrogens with zero attached hydrogens (tertiary/aromatic N) is 1. The van der Waals surface area contributed by atoms with Gasteiger partial charge in [0.1, 0.15) is 11.6 Å². The van der Waals surface area contributed by atoms with Gasteiger partial charge < -0.3 is 15.6 Å². The maximum atomic E-state index is 13.6. The van der Waals surface area contributed by atoms with E-state index in [1.165, 1.54) is 31.2 Å². The Bertz CT molecular complexity index is 669. The molecule has 1 heterocycles. The van der Waals surface area contributed by atoms with Crippen LogP contribution < -0.4 is 10.5 Å². The lowest BCUT2D eigenvalue weighted by Gasteiger charge is -2.08. The number of aromatic carboxylic acids is 1. The number of hydrogen-bond acceptors (Lipinski definition) is 4. The predicted octanol–water partition coefficient (Wildman–Crippen LogP) is 2.12. The number of pyridine rings is 1. The van der Waals surface area contributed by atoms with Crippen molar-refractivity contribution in [2.75, 3.05) is 0 Å². The standard InChI is InChI=1S/C14H11FN2O4/c1-7-9(14(19)20)4-5-12(17-7)21-8-2-3-10(13(16)18)11(15)6-8/h2-6H,1H3,(H2,16,18)(H,19,20). The average molecular weight is 290 g/mol. The SMILES string of the molecule is Cc1nc(Oc2ccc(C(N)=O)c(F)c2)ccc1C(=O)O. The highest BCUT2D eigenvalue weighted by atomic mass is 19.1.